The van der Waals surface area contributed by atoms with Crippen LogP contribution in [0.2, 0.25) is 0 Å². The highest BCUT2D eigenvalue weighted by Crippen LogP contribution is 2.38. The molecule has 1 aromatic carbocycles. The first-order valence-corrected chi connectivity index (χ1v) is 9.86. The normalized spacial score (nSPS) is 25.9. The van der Waals surface area contributed by atoms with Crippen molar-refractivity contribution in [3.63, 3.8) is 0 Å². The predicted molar refractivity (Wildman–Crippen MR) is 106 cm³/mol. The van der Waals surface area contributed by atoms with Gasteiger partial charge < -0.3 is 20.4 Å². The molecule has 1 atom stereocenters. The van der Waals surface area contributed by atoms with Gasteiger partial charge >= 0.3 is 12.1 Å². The van der Waals surface area contributed by atoms with Gasteiger partial charge in [-0.3, -0.25) is 4.90 Å². The molecule has 0 bridgehead atoms. The molecule has 0 aromatic heterocycles. The third-order valence-corrected chi connectivity index (χ3v) is 6.19. The van der Waals surface area contributed by atoms with Crippen LogP contribution in [0.25, 0.3) is 0 Å². The van der Waals surface area contributed by atoms with Crippen LogP contribution in [-0.4, -0.2) is 68.2 Å². The number of carbonyl (C=O) groups excluding carboxylic acids is 2. The van der Waals surface area contributed by atoms with Crippen LogP contribution in [0.3, 0.4) is 0 Å². The van der Waals surface area contributed by atoms with Crippen LogP contribution < -0.4 is 15.5 Å². The van der Waals surface area contributed by atoms with E-state index >= 15 is 0 Å². The molecule has 7 nitrogen and oxygen atoms in total. The van der Waals surface area contributed by atoms with E-state index < -0.39 is 0 Å². The fraction of sp³-hybridized carbons (Fsp3) is 0.600. The summed E-state index contributed by atoms with van der Waals surface area (Å²) in [5.41, 5.74) is 2.88. The summed E-state index contributed by atoms with van der Waals surface area (Å²) in [5, 5.41) is 5.86. The molecule has 0 aliphatic carbocycles. The van der Waals surface area contributed by atoms with Crippen molar-refractivity contribution in [2.75, 3.05) is 56.5 Å². The molecule has 1 aromatic rings. The number of anilines is 2. The molecule has 2 N–H and O–H groups in total. The van der Waals surface area contributed by atoms with Crippen molar-refractivity contribution >= 4 is 23.4 Å². The molecule has 0 saturated carbocycles. The van der Waals surface area contributed by atoms with Gasteiger partial charge in [0.25, 0.3) is 0 Å². The summed E-state index contributed by atoms with van der Waals surface area (Å²) in [6, 6.07) is 5.65. The van der Waals surface area contributed by atoms with E-state index in [0.29, 0.717) is 13.1 Å². The van der Waals surface area contributed by atoms with Gasteiger partial charge in [0.2, 0.25) is 0 Å². The van der Waals surface area contributed by atoms with Crippen LogP contribution in [0.15, 0.2) is 18.2 Å². The van der Waals surface area contributed by atoms with E-state index in [1.807, 2.05) is 30.0 Å². The maximum atomic E-state index is 12.8. The van der Waals surface area contributed by atoms with Crippen molar-refractivity contribution in [2.45, 2.75) is 26.2 Å². The average molecular weight is 371 g/mol. The van der Waals surface area contributed by atoms with Crippen LogP contribution in [0, 0.1) is 12.3 Å². The maximum absolute atomic E-state index is 12.8. The zero-order chi connectivity index (χ0) is 19.0. The molecular weight excluding hydrogens is 342 g/mol. The number of benzene rings is 1. The van der Waals surface area contributed by atoms with E-state index in [1.54, 1.807) is 4.90 Å². The Labute approximate surface area is 160 Å². The molecule has 3 heterocycles. The lowest BCUT2D eigenvalue weighted by Gasteiger charge is -2.38. The Morgan fingerprint density at radius 3 is 2.78 bits per heavy atom. The lowest BCUT2D eigenvalue weighted by atomic mass is 9.79. The first kappa shape index (κ1) is 18.1. The zero-order valence-corrected chi connectivity index (χ0v) is 16.3. The Morgan fingerprint density at radius 1 is 1.19 bits per heavy atom. The van der Waals surface area contributed by atoms with Crippen LogP contribution in [0.1, 0.15) is 24.8 Å². The molecule has 0 radical (unpaired) electrons. The monoisotopic (exact) mass is 371 g/mol. The Hall–Kier alpha value is -2.28. The van der Waals surface area contributed by atoms with Gasteiger partial charge in [-0.15, -0.1) is 0 Å². The van der Waals surface area contributed by atoms with E-state index in [9.17, 15) is 9.59 Å². The minimum Gasteiger partial charge on any atom is -0.336 e. The standard InChI is InChI=1S/C20H29N5O2/c1-15-4-5-16(12-17(15)25-11-8-21-18(25)26)22-19(27)24-10-7-20(14-24)6-3-9-23(2)13-20/h4-5,12H,3,6-11,13-14H2,1-2H3,(H,21,26)(H,22,27). The van der Waals surface area contributed by atoms with Crippen molar-refractivity contribution in [1.29, 1.82) is 0 Å². The Balaban J connectivity index is 1.43. The van der Waals surface area contributed by atoms with Gasteiger partial charge in [-0.1, -0.05) is 6.07 Å². The Bertz CT molecular complexity index is 752. The highest BCUT2D eigenvalue weighted by atomic mass is 16.2. The molecule has 7 heteroatoms. The Kier molecular flexibility index (Phi) is 4.72. The molecule has 4 amide bonds. The predicted octanol–water partition coefficient (Wildman–Crippen LogP) is 2.47. The number of amides is 4. The van der Waals surface area contributed by atoms with Gasteiger partial charge in [-0.05, 0) is 57.5 Å². The SMILES string of the molecule is Cc1ccc(NC(=O)N2CCC3(CCCN(C)C3)C2)cc1N1CCNC1=O. The van der Waals surface area contributed by atoms with Crippen LogP contribution in [0.4, 0.5) is 21.0 Å². The second-order valence-electron chi connectivity index (χ2n) is 8.33. The zero-order valence-electron chi connectivity index (χ0n) is 16.3. The van der Waals surface area contributed by atoms with E-state index in [0.717, 1.165) is 49.5 Å². The molecule has 1 spiro atoms. The second kappa shape index (κ2) is 7.03. The van der Waals surface area contributed by atoms with E-state index in [-0.39, 0.29) is 17.5 Å². The van der Waals surface area contributed by atoms with Gasteiger partial charge in [0, 0.05) is 43.8 Å². The van der Waals surface area contributed by atoms with Gasteiger partial charge in [0.1, 0.15) is 0 Å². The van der Waals surface area contributed by atoms with Crippen molar-refractivity contribution in [1.82, 2.24) is 15.1 Å². The number of aryl methyl sites for hydroxylation is 1. The summed E-state index contributed by atoms with van der Waals surface area (Å²) in [7, 11) is 2.17. The summed E-state index contributed by atoms with van der Waals surface area (Å²) in [5.74, 6) is 0. The molecule has 3 fully saturated rings. The number of carbonyl (C=O) groups is 2. The van der Waals surface area contributed by atoms with Gasteiger partial charge in [-0.2, -0.15) is 0 Å². The quantitative estimate of drug-likeness (QED) is 0.839. The van der Waals surface area contributed by atoms with E-state index in [4.69, 9.17) is 0 Å². The number of hydrogen-bond acceptors (Lipinski definition) is 3. The number of urea groups is 2. The van der Waals surface area contributed by atoms with Crippen molar-refractivity contribution in [3.05, 3.63) is 23.8 Å². The molecule has 3 aliphatic heterocycles. The molecule has 3 saturated heterocycles. The number of nitrogens with zero attached hydrogens (tertiary/aromatic N) is 3. The third kappa shape index (κ3) is 3.60. The smallest absolute Gasteiger partial charge is 0.322 e. The summed E-state index contributed by atoms with van der Waals surface area (Å²) in [4.78, 5) is 30.9. The molecule has 3 aliphatic rings. The van der Waals surface area contributed by atoms with Crippen molar-refractivity contribution in [3.8, 4) is 0 Å². The van der Waals surface area contributed by atoms with Crippen molar-refractivity contribution in [2.24, 2.45) is 5.41 Å². The minimum atomic E-state index is -0.0792. The largest absolute Gasteiger partial charge is 0.336 e. The minimum absolute atomic E-state index is 0.0409. The highest BCUT2D eigenvalue weighted by molar-refractivity contribution is 5.96. The lowest BCUT2D eigenvalue weighted by molar-refractivity contribution is 0.117. The number of rotatable bonds is 2. The number of nitrogens with one attached hydrogen (secondary N) is 2. The van der Waals surface area contributed by atoms with Gasteiger partial charge in [0.15, 0.2) is 0 Å². The van der Waals surface area contributed by atoms with Gasteiger partial charge in [-0.25, -0.2) is 9.59 Å². The summed E-state index contributed by atoms with van der Waals surface area (Å²) in [6.45, 7) is 7.16. The van der Waals surface area contributed by atoms with Crippen molar-refractivity contribution < 1.29 is 9.59 Å². The van der Waals surface area contributed by atoms with Crippen LogP contribution in [0.5, 0.6) is 0 Å². The number of hydrogen-bond donors (Lipinski definition) is 2. The number of likely N-dealkylation sites (tertiary alicyclic amines) is 2. The molecule has 27 heavy (non-hydrogen) atoms. The van der Waals surface area contributed by atoms with Crippen LogP contribution in [-0.2, 0) is 0 Å². The first-order valence-electron chi connectivity index (χ1n) is 9.86. The van der Waals surface area contributed by atoms with Crippen LogP contribution >= 0.6 is 0 Å². The first-order chi connectivity index (χ1) is 13.0. The topological polar surface area (TPSA) is 67.9 Å². The number of piperidine rings is 1. The molecule has 1 unspecified atom stereocenters. The second-order valence-corrected chi connectivity index (χ2v) is 8.33. The maximum Gasteiger partial charge on any atom is 0.322 e. The fourth-order valence-corrected chi connectivity index (χ4v) is 4.78. The lowest BCUT2D eigenvalue weighted by Crippen LogP contribution is -2.44. The molecular formula is C20H29N5O2. The van der Waals surface area contributed by atoms with E-state index in [1.165, 1.54) is 12.8 Å². The van der Waals surface area contributed by atoms with E-state index in [2.05, 4.69) is 22.6 Å². The average Bonchev–Trinajstić information content (AvgIpc) is 3.23. The third-order valence-electron chi connectivity index (χ3n) is 6.19. The Morgan fingerprint density at radius 2 is 2.04 bits per heavy atom. The van der Waals surface area contributed by atoms with Gasteiger partial charge in [0.05, 0.1) is 5.69 Å². The fourth-order valence-electron chi connectivity index (χ4n) is 4.78. The summed E-state index contributed by atoms with van der Waals surface area (Å²) in [6.07, 6.45) is 3.50. The molecule has 146 valence electrons. The summed E-state index contributed by atoms with van der Waals surface area (Å²) < 4.78 is 0. The molecule has 4 rings (SSSR count). The summed E-state index contributed by atoms with van der Waals surface area (Å²) >= 11 is 0. The highest BCUT2D eigenvalue weighted by Gasteiger charge is 2.42.